The van der Waals surface area contributed by atoms with E-state index in [1.807, 2.05) is 0 Å². The summed E-state index contributed by atoms with van der Waals surface area (Å²) in [6.07, 6.45) is 1.61. The molecule has 1 aromatic heterocycles. The largest absolute Gasteiger partial charge is 0.450 e. The predicted octanol–water partition coefficient (Wildman–Crippen LogP) is 4.96. The van der Waals surface area contributed by atoms with E-state index in [0.717, 1.165) is 18.9 Å². The van der Waals surface area contributed by atoms with Crippen molar-refractivity contribution >= 4 is 40.1 Å². The van der Waals surface area contributed by atoms with Crippen LogP contribution >= 0.6 is 23.2 Å². The summed E-state index contributed by atoms with van der Waals surface area (Å²) in [5, 5.41) is 0.761. The quantitative estimate of drug-likeness (QED) is 0.568. The Morgan fingerprint density at radius 3 is 2.67 bits per heavy atom. The van der Waals surface area contributed by atoms with Crippen LogP contribution in [0.4, 0.5) is 4.39 Å². The van der Waals surface area contributed by atoms with E-state index < -0.39 is 23.2 Å². The van der Waals surface area contributed by atoms with Crippen LogP contribution in [-0.2, 0) is 4.74 Å². The summed E-state index contributed by atoms with van der Waals surface area (Å²) in [6.45, 7) is 0.940. The van der Waals surface area contributed by atoms with Gasteiger partial charge in [0.15, 0.2) is 5.43 Å². The minimum Gasteiger partial charge on any atom is -0.450 e. The molecule has 30 heavy (non-hydrogen) atoms. The Labute approximate surface area is 180 Å². The lowest BCUT2D eigenvalue weighted by Crippen LogP contribution is -2.36. The number of ether oxygens (including phenoxy) is 1. The molecule has 0 spiro atoms. The van der Waals surface area contributed by atoms with Gasteiger partial charge in [0.25, 0.3) is 5.91 Å². The molecule has 1 fully saturated rings. The molecule has 2 atom stereocenters. The number of carbonyl (C=O) groups excluding carboxylic acids is 1. The fourth-order valence-corrected chi connectivity index (χ4v) is 4.52. The first kappa shape index (κ1) is 19.5. The molecule has 0 radical (unpaired) electrons. The van der Waals surface area contributed by atoms with Crippen LogP contribution in [0.1, 0.15) is 40.6 Å². The van der Waals surface area contributed by atoms with Crippen LogP contribution < -0.4 is 5.43 Å². The molecule has 154 valence electrons. The number of benzene rings is 2. The van der Waals surface area contributed by atoms with Gasteiger partial charge in [0, 0.05) is 13.2 Å². The van der Waals surface area contributed by atoms with Gasteiger partial charge in [-0.2, -0.15) is 0 Å². The van der Waals surface area contributed by atoms with Crippen LogP contribution in [0.5, 0.6) is 0 Å². The molecule has 2 aliphatic heterocycles. The van der Waals surface area contributed by atoms with E-state index >= 15 is 0 Å². The molecule has 0 bridgehead atoms. The summed E-state index contributed by atoms with van der Waals surface area (Å²) in [5.41, 5.74) is 0.525. The number of nitrogens with zero attached hydrogens (tertiary/aromatic N) is 1. The van der Waals surface area contributed by atoms with Crippen LogP contribution in [0, 0.1) is 5.82 Å². The predicted molar refractivity (Wildman–Crippen MR) is 111 cm³/mol. The monoisotopic (exact) mass is 447 g/mol. The molecule has 0 unspecified atom stereocenters. The van der Waals surface area contributed by atoms with E-state index in [1.54, 1.807) is 23.1 Å². The average Bonchev–Trinajstić information content (AvgIpc) is 3.33. The molecule has 0 aliphatic carbocycles. The Hall–Kier alpha value is -2.41. The third-order valence-corrected chi connectivity index (χ3v) is 6.35. The lowest BCUT2D eigenvalue weighted by Gasteiger charge is -2.27. The van der Waals surface area contributed by atoms with Crippen molar-refractivity contribution < 1.29 is 18.3 Å². The smallest absolute Gasteiger partial charge is 0.291 e. The average molecular weight is 448 g/mol. The van der Waals surface area contributed by atoms with Crippen molar-refractivity contribution in [3.8, 4) is 0 Å². The molecule has 8 heteroatoms. The Morgan fingerprint density at radius 2 is 1.93 bits per heavy atom. The van der Waals surface area contributed by atoms with Crippen LogP contribution in [-0.4, -0.2) is 30.1 Å². The maximum absolute atomic E-state index is 13.8. The summed E-state index contributed by atoms with van der Waals surface area (Å²) in [4.78, 5) is 28.2. The zero-order valence-electron chi connectivity index (χ0n) is 15.7. The summed E-state index contributed by atoms with van der Waals surface area (Å²) in [5.74, 6) is -0.991. The molecule has 3 heterocycles. The van der Waals surface area contributed by atoms with E-state index in [-0.39, 0.29) is 28.4 Å². The van der Waals surface area contributed by atoms with Crippen LogP contribution in [0.25, 0.3) is 11.0 Å². The van der Waals surface area contributed by atoms with E-state index in [2.05, 4.69) is 0 Å². The van der Waals surface area contributed by atoms with Gasteiger partial charge in [-0.1, -0.05) is 29.3 Å². The highest BCUT2D eigenvalue weighted by atomic mass is 35.5. The molecule has 1 amide bonds. The molecule has 0 saturated carbocycles. The van der Waals surface area contributed by atoms with Crippen LogP contribution in [0.2, 0.25) is 10.0 Å². The summed E-state index contributed by atoms with van der Waals surface area (Å²) in [7, 11) is 0. The minimum absolute atomic E-state index is 0.0341. The van der Waals surface area contributed by atoms with Gasteiger partial charge in [0.2, 0.25) is 5.76 Å². The maximum Gasteiger partial charge on any atom is 0.291 e. The van der Waals surface area contributed by atoms with Gasteiger partial charge in [0.1, 0.15) is 11.4 Å². The number of rotatable bonds is 3. The molecular formula is C22H16Cl2FNO4. The van der Waals surface area contributed by atoms with Gasteiger partial charge in [-0.25, -0.2) is 4.39 Å². The molecule has 2 aliphatic rings. The molecule has 0 N–H and O–H groups in total. The summed E-state index contributed by atoms with van der Waals surface area (Å²) >= 11 is 12.3. The second-order valence-corrected chi connectivity index (χ2v) is 8.30. The standard InChI is InChI=1S/C22H16Cl2FNO4/c23-15-5-3-11(8-16(15)24)19-18-20(27)14-9-12(25)4-6-17(14)30-21(18)22(28)26(19)10-13-2-1-7-29-13/h3-6,8-9,13,19H,1-2,7,10H2/t13-,19-/m1/s1. The van der Waals surface area contributed by atoms with Crippen LogP contribution in [0.15, 0.2) is 45.6 Å². The van der Waals surface area contributed by atoms with Crippen molar-refractivity contribution in [1.29, 1.82) is 0 Å². The molecular weight excluding hydrogens is 432 g/mol. The zero-order chi connectivity index (χ0) is 21.0. The highest BCUT2D eigenvalue weighted by Crippen LogP contribution is 2.40. The van der Waals surface area contributed by atoms with Crippen LogP contribution in [0.3, 0.4) is 0 Å². The van der Waals surface area contributed by atoms with Crippen molar-refractivity contribution in [2.45, 2.75) is 25.0 Å². The van der Waals surface area contributed by atoms with Crippen molar-refractivity contribution in [3.63, 3.8) is 0 Å². The van der Waals surface area contributed by atoms with Crippen molar-refractivity contribution in [1.82, 2.24) is 4.90 Å². The first-order chi connectivity index (χ1) is 14.4. The number of fused-ring (bicyclic) bond motifs is 2. The Kier molecular flexibility index (Phi) is 4.81. The van der Waals surface area contributed by atoms with E-state index in [9.17, 15) is 14.0 Å². The number of hydrogen-bond donors (Lipinski definition) is 0. The maximum atomic E-state index is 13.8. The number of amides is 1. The summed E-state index contributed by atoms with van der Waals surface area (Å²) in [6, 6.07) is 7.92. The van der Waals surface area contributed by atoms with Gasteiger partial charge in [0.05, 0.1) is 33.1 Å². The van der Waals surface area contributed by atoms with Gasteiger partial charge in [-0.15, -0.1) is 0 Å². The Balaban J connectivity index is 1.72. The number of carbonyl (C=O) groups is 1. The Morgan fingerprint density at radius 1 is 1.10 bits per heavy atom. The van der Waals surface area contributed by atoms with Gasteiger partial charge < -0.3 is 14.1 Å². The normalized spacial score (nSPS) is 20.9. The molecule has 5 rings (SSSR count). The zero-order valence-corrected chi connectivity index (χ0v) is 17.2. The topological polar surface area (TPSA) is 59.8 Å². The van der Waals surface area contributed by atoms with E-state index in [4.69, 9.17) is 32.4 Å². The molecule has 2 aromatic carbocycles. The van der Waals surface area contributed by atoms with Gasteiger partial charge in [-0.3, -0.25) is 9.59 Å². The van der Waals surface area contributed by atoms with Gasteiger partial charge in [-0.05, 0) is 48.7 Å². The SMILES string of the molecule is O=C1c2oc3ccc(F)cc3c(=O)c2[C@@H](c2ccc(Cl)c(Cl)c2)N1C[C@H]1CCCO1. The van der Waals surface area contributed by atoms with E-state index in [1.165, 1.54) is 12.1 Å². The first-order valence-electron chi connectivity index (χ1n) is 9.58. The van der Waals surface area contributed by atoms with E-state index in [0.29, 0.717) is 28.8 Å². The fourth-order valence-electron chi connectivity index (χ4n) is 4.22. The van der Waals surface area contributed by atoms with Crippen molar-refractivity contribution in [2.24, 2.45) is 0 Å². The van der Waals surface area contributed by atoms with Crippen molar-refractivity contribution in [3.05, 3.63) is 79.4 Å². The number of hydrogen-bond acceptors (Lipinski definition) is 4. The first-order valence-corrected chi connectivity index (χ1v) is 10.3. The highest BCUT2D eigenvalue weighted by molar-refractivity contribution is 6.42. The lowest BCUT2D eigenvalue weighted by molar-refractivity contribution is 0.0486. The lowest BCUT2D eigenvalue weighted by atomic mass is 9.98. The highest BCUT2D eigenvalue weighted by Gasteiger charge is 2.44. The third-order valence-electron chi connectivity index (χ3n) is 5.61. The Bertz CT molecular complexity index is 1240. The number of halogens is 3. The van der Waals surface area contributed by atoms with Crippen molar-refractivity contribution in [2.75, 3.05) is 13.2 Å². The van der Waals surface area contributed by atoms with Gasteiger partial charge >= 0.3 is 0 Å². The summed E-state index contributed by atoms with van der Waals surface area (Å²) < 4.78 is 25.3. The molecule has 5 nitrogen and oxygen atoms in total. The third kappa shape index (κ3) is 3.11. The second kappa shape index (κ2) is 7.38. The second-order valence-electron chi connectivity index (χ2n) is 7.48. The molecule has 3 aromatic rings. The fraction of sp³-hybridized carbons (Fsp3) is 0.273. The minimum atomic E-state index is -0.726. The molecule has 1 saturated heterocycles.